The third-order valence-corrected chi connectivity index (χ3v) is 3.51. The summed E-state index contributed by atoms with van der Waals surface area (Å²) in [5, 5.41) is 4.94. The molecule has 0 unspecified atom stereocenters. The molecule has 102 valence electrons. The van der Waals surface area contributed by atoms with E-state index in [1.807, 2.05) is 13.0 Å². The molecule has 1 aliphatic rings. The van der Waals surface area contributed by atoms with Crippen LogP contribution in [0.2, 0.25) is 0 Å². The van der Waals surface area contributed by atoms with E-state index in [0.717, 1.165) is 11.4 Å². The van der Waals surface area contributed by atoms with E-state index in [9.17, 15) is 0 Å². The van der Waals surface area contributed by atoms with Crippen LogP contribution in [0.1, 0.15) is 34.6 Å². The molecular formula is C14H25N3O. The summed E-state index contributed by atoms with van der Waals surface area (Å²) in [4.78, 5) is 5.95. The summed E-state index contributed by atoms with van der Waals surface area (Å²) in [5.41, 5.74) is 4.78. The summed E-state index contributed by atoms with van der Waals surface area (Å²) in [5.74, 6) is 0. The summed E-state index contributed by atoms with van der Waals surface area (Å²) in [6.45, 7) is 18.6. The minimum Gasteiger partial charge on any atom is -0.383 e. The van der Waals surface area contributed by atoms with E-state index >= 15 is 0 Å². The van der Waals surface area contributed by atoms with Gasteiger partial charge in [0.2, 0.25) is 0 Å². The predicted octanol–water partition coefficient (Wildman–Crippen LogP) is 2.49. The van der Waals surface area contributed by atoms with Crippen LogP contribution in [0.4, 0.5) is 0 Å². The number of nitrogens with one attached hydrogen (secondary N) is 2. The van der Waals surface area contributed by atoms with E-state index in [4.69, 9.17) is 4.84 Å². The van der Waals surface area contributed by atoms with Crippen molar-refractivity contribution in [3.63, 3.8) is 0 Å². The first-order chi connectivity index (χ1) is 8.25. The zero-order valence-corrected chi connectivity index (χ0v) is 12.1. The van der Waals surface area contributed by atoms with Crippen molar-refractivity contribution in [1.29, 1.82) is 0 Å². The fraction of sp³-hybridized carbons (Fsp3) is 0.571. The summed E-state index contributed by atoms with van der Waals surface area (Å²) in [6, 6.07) is 0. The summed E-state index contributed by atoms with van der Waals surface area (Å²) < 4.78 is 0. The van der Waals surface area contributed by atoms with Crippen LogP contribution in [-0.4, -0.2) is 22.9 Å². The molecule has 2 N–H and O–H groups in total. The highest BCUT2D eigenvalue weighted by Crippen LogP contribution is 2.34. The lowest BCUT2D eigenvalue weighted by Crippen LogP contribution is -2.49. The molecule has 0 aromatic rings. The van der Waals surface area contributed by atoms with E-state index < -0.39 is 0 Å². The van der Waals surface area contributed by atoms with E-state index in [0.29, 0.717) is 6.54 Å². The molecule has 4 nitrogen and oxygen atoms in total. The van der Waals surface area contributed by atoms with Crippen LogP contribution in [-0.2, 0) is 4.84 Å². The first-order valence-corrected chi connectivity index (χ1v) is 6.20. The second-order valence-corrected chi connectivity index (χ2v) is 5.52. The molecule has 0 aromatic heterocycles. The van der Waals surface area contributed by atoms with Crippen LogP contribution in [0.3, 0.4) is 0 Å². The van der Waals surface area contributed by atoms with Crippen LogP contribution in [0, 0.1) is 0 Å². The van der Waals surface area contributed by atoms with Gasteiger partial charge in [-0.3, -0.25) is 0 Å². The Morgan fingerprint density at radius 1 is 1.33 bits per heavy atom. The van der Waals surface area contributed by atoms with Gasteiger partial charge in [-0.1, -0.05) is 12.7 Å². The lowest BCUT2D eigenvalue weighted by Gasteiger charge is -2.28. The Morgan fingerprint density at radius 3 is 2.33 bits per heavy atom. The molecule has 0 spiro atoms. The largest absolute Gasteiger partial charge is 0.383 e. The van der Waals surface area contributed by atoms with Crippen LogP contribution in [0.15, 0.2) is 36.7 Å². The van der Waals surface area contributed by atoms with Gasteiger partial charge in [0.25, 0.3) is 0 Å². The molecule has 1 rings (SSSR count). The smallest absolute Gasteiger partial charge is 0.112 e. The second kappa shape index (κ2) is 5.16. The molecule has 0 atom stereocenters. The Bertz CT molecular complexity index is 353. The minimum atomic E-state index is -0.292. The van der Waals surface area contributed by atoms with Crippen molar-refractivity contribution in [2.24, 2.45) is 0 Å². The monoisotopic (exact) mass is 251 g/mol. The van der Waals surface area contributed by atoms with Crippen molar-refractivity contribution in [3.8, 4) is 0 Å². The van der Waals surface area contributed by atoms with Gasteiger partial charge in [0.05, 0.1) is 5.54 Å². The molecule has 1 saturated heterocycles. The fourth-order valence-corrected chi connectivity index (χ4v) is 1.57. The lowest BCUT2D eigenvalue weighted by atomic mass is 9.87. The Hall–Kier alpha value is -1.26. The quantitative estimate of drug-likeness (QED) is 0.581. The van der Waals surface area contributed by atoms with E-state index in [-0.39, 0.29) is 11.1 Å². The van der Waals surface area contributed by atoms with Gasteiger partial charge >= 0.3 is 0 Å². The SMILES string of the molecule is C=CCN/C(C)=C(\C=C)N1NC(C)(C)C(C)(C)O1. The average Bonchev–Trinajstić information content (AvgIpc) is 2.46. The maximum Gasteiger partial charge on any atom is 0.112 e. The van der Waals surface area contributed by atoms with Crippen molar-refractivity contribution in [2.45, 2.75) is 45.8 Å². The number of rotatable bonds is 5. The highest BCUT2D eigenvalue weighted by atomic mass is 16.7. The summed E-state index contributed by atoms with van der Waals surface area (Å²) in [6.07, 6.45) is 3.59. The number of nitrogens with zero attached hydrogens (tertiary/aromatic N) is 1. The summed E-state index contributed by atoms with van der Waals surface area (Å²) >= 11 is 0. The maximum absolute atomic E-state index is 5.95. The Balaban J connectivity index is 2.93. The normalized spacial score (nSPS) is 22.4. The zero-order valence-electron chi connectivity index (χ0n) is 12.1. The number of hydrogen-bond donors (Lipinski definition) is 2. The number of allylic oxidation sites excluding steroid dienone is 2. The van der Waals surface area contributed by atoms with E-state index in [1.54, 1.807) is 11.2 Å². The van der Waals surface area contributed by atoms with Crippen LogP contribution in [0.25, 0.3) is 0 Å². The van der Waals surface area contributed by atoms with Crippen molar-refractivity contribution < 1.29 is 4.84 Å². The van der Waals surface area contributed by atoms with Gasteiger partial charge in [-0.2, -0.15) is 5.17 Å². The molecular weight excluding hydrogens is 226 g/mol. The molecule has 18 heavy (non-hydrogen) atoms. The molecule has 0 saturated carbocycles. The molecule has 1 fully saturated rings. The first-order valence-electron chi connectivity index (χ1n) is 6.20. The highest BCUT2D eigenvalue weighted by Gasteiger charge is 2.48. The van der Waals surface area contributed by atoms with Gasteiger partial charge in [0, 0.05) is 12.2 Å². The molecule has 1 aliphatic heterocycles. The standard InChI is InChI=1S/C14H25N3O/c1-8-10-15-11(3)12(9-2)17-16-13(4,5)14(6,7)18-17/h8-9,15-16H,1-2,10H2,3-7H3/b12-11+. The summed E-state index contributed by atoms with van der Waals surface area (Å²) in [7, 11) is 0. The van der Waals surface area contributed by atoms with Gasteiger partial charge in [0.15, 0.2) is 0 Å². The Morgan fingerprint density at radius 2 is 1.94 bits per heavy atom. The predicted molar refractivity (Wildman–Crippen MR) is 75.3 cm³/mol. The third-order valence-electron chi connectivity index (χ3n) is 3.51. The van der Waals surface area contributed by atoms with E-state index in [1.165, 1.54) is 0 Å². The fourth-order valence-electron chi connectivity index (χ4n) is 1.57. The molecule has 0 amide bonds. The van der Waals surface area contributed by atoms with Gasteiger partial charge in [-0.05, 0) is 40.7 Å². The second-order valence-electron chi connectivity index (χ2n) is 5.52. The number of hydroxylamine groups is 1. The Labute approximate surface area is 110 Å². The van der Waals surface area contributed by atoms with Gasteiger partial charge < -0.3 is 5.32 Å². The molecule has 0 aliphatic carbocycles. The molecule has 0 radical (unpaired) electrons. The van der Waals surface area contributed by atoms with Gasteiger partial charge in [0.1, 0.15) is 11.3 Å². The number of hydrogen-bond acceptors (Lipinski definition) is 4. The third kappa shape index (κ3) is 2.76. The molecule has 0 bridgehead atoms. The first kappa shape index (κ1) is 14.8. The zero-order chi connectivity index (χ0) is 14.0. The van der Waals surface area contributed by atoms with Crippen molar-refractivity contribution >= 4 is 0 Å². The van der Waals surface area contributed by atoms with E-state index in [2.05, 4.69) is 51.6 Å². The highest BCUT2D eigenvalue weighted by molar-refractivity contribution is 5.21. The van der Waals surface area contributed by atoms with Crippen molar-refractivity contribution in [3.05, 3.63) is 36.7 Å². The van der Waals surface area contributed by atoms with Crippen molar-refractivity contribution in [2.75, 3.05) is 6.54 Å². The number of hydrazine groups is 1. The van der Waals surface area contributed by atoms with Crippen LogP contribution < -0.4 is 10.7 Å². The van der Waals surface area contributed by atoms with Gasteiger partial charge in [-0.15, -0.1) is 6.58 Å². The lowest BCUT2D eigenvalue weighted by molar-refractivity contribution is -0.174. The van der Waals surface area contributed by atoms with Crippen LogP contribution >= 0.6 is 0 Å². The minimum absolute atomic E-state index is 0.153. The molecule has 0 aromatic carbocycles. The molecule has 4 heteroatoms. The van der Waals surface area contributed by atoms with Gasteiger partial charge in [-0.25, -0.2) is 10.3 Å². The average molecular weight is 251 g/mol. The van der Waals surface area contributed by atoms with Crippen LogP contribution in [0.5, 0.6) is 0 Å². The maximum atomic E-state index is 5.95. The molecule has 1 heterocycles. The topological polar surface area (TPSA) is 36.5 Å². The van der Waals surface area contributed by atoms with Crippen molar-refractivity contribution in [1.82, 2.24) is 15.9 Å². The Kier molecular flexibility index (Phi) is 4.24.